The smallest absolute Gasteiger partial charge is 0.243 e. The van der Waals surface area contributed by atoms with Crippen LogP contribution in [0, 0.1) is 0 Å². The number of nitrogens with two attached hydrogens (primary N) is 1. The van der Waals surface area contributed by atoms with Gasteiger partial charge in [-0.25, -0.2) is 0 Å². The minimum absolute atomic E-state index is 0.249. The summed E-state index contributed by atoms with van der Waals surface area (Å²) in [6.07, 6.45) is 0. The van der Waals surface area contributed by atoms with Crippen LogP contribution < -0.4 is 5.73 Å². The topological polar surface area (TPSA) is 64.9 Å². The number of nitrogens with zero attached hydrogens (tertiary/aromatic N) is 2. The number of hydrogen-bond acceptors (Lipinski definition) is 4. The third kappa shape index (κ3) is 1.76. The highest BCUT2D eigenvalue weighted by atomic mass is 16.5. The Bertz CT molecular complexity index is 683. The zero-order valence-electron chi connectivity index (χ0n) is 10.00. The Kier molecular flexibility index (Phi) is 2.57. The molecule has 0 bridgehead atoms. The summed E-state index contributed by atoms with van der Waals surface area (Å²) in [5.41, 5.74) is 6.68. The van der Waals surface area contributed by atoms with E-state index in [9.17, 15) is 0 Å². The van der Waals surface area contributed by atoms with Crippen molar-refractivity contribution in [1.82, 2.24) is 10.1 Å². The number of rotatable bonds is 2. The van der Waals surface area contributed by atoms with Crippen molar-refractivity contribution >= 4 is 10.8 Å². The third-order valence-electron chi connectivity index (χ3n) is 2.86. The van der Waals surface area contributed by atoms with Gasteiger partial charge in [0.25, 0.3) is 0 Å². The fraction of sp³-hybridized carbons (Fsp3) is 0.143. The minimum Gasteiger partial charge on any atom is -0.337 e. The largest absolute Gasteiger partial charge is 0.337 e. The maximum atomic E-state index is 5.72. The van der Waals surface area contributed by atoms with Gasteiger partial charge in [0, 0.05) is 5.56 Å². The Hall–Kier alpha value is -2.20. The van der Waals surface area contributed by atoms with E-state index >= 15 is 0 Å². The van der Waals surface area contributed by atoms with E-state index in [0.29, 0.717) is 11.7 Å². The molecule has 0 saturated carbocycles. The molecular weight excluding hydrogens is 226 g/mol. The molecule has 0 spiro atoms. The predicted molar refractivity (Wildman–Crippen MR) is 69.8 cm³/mol. The van der Waals surface area contributed by atoms with Crippen LogP contribution in [0.2, 0.25) is 0 Å². The molecule has 2 N–H and O–H groups in total. The van der Waals surface area contributed by atoms with Gasteiger partial charge in [0.2, 0.25) is 11.7 Å². The Labute approximate surface area is 104 Å². The van der Waals surface area contributed by atoms with E-state index in [1.165, 1.54) is 0 Å². The van der Waals surface area contributed by atoms with E-state index in [4.69, 9.17) is 10.3 Å². The lowest BCUT2D eigenvalue weighted by atomic mass is 10.0. The van der Waals surface area contributed by atoms with Crippen LogP contribution >= 0.6 is 0 Å². The molecular formula is C14H13N3O. The molecule has 1 atom stereocenters. The van der Waals surface area contributed by atoms with Crippen molar-refractivity contribution < 1.29 is 4.52 Å². The van der Waals surface area contributed by atoms with Crippen LogP contribution in [0.3, 0.4) is 0 Å². The van der Waals surface area contributed by atoms with Crippen molar-refractivity contribution in [2.45, 2.75) is 13.0 Å². The summed E-state index contributed by atoms with van der Waals surface area (Å²) >= 11 is 0. The van der Waals surface area contributed by atoms with Crippen molar-refractivity contribution in [3.8, 4) is 11.4 Å². The van der Waals surface area contributed by atoms with Gasteiger partial charge in [0.1, 0.15) is 0 Å². The van der Waals surface area contributed by atoms with Crippen molar-refractivity contribution in [3.05, 3.63) is 48.4 Å². The van der Waals surface area contributed by atoms with Gasteiger partial charge in [-0.15, -0.1) is 0 Å². The first-order valence-corrected chi connectivity index (χ1v) is 5.83. The summed E-state index contributed by atoms with van der Waals surface area (Å²) in [6, 6.07) is 13.9. The second-order valence-electron chi connectivity index (χ2n) is 4.27. The number of aromatic nitrogens is 2. The van der Waals surface area contributed by atoms with Gasteiger partial charge in [-0.1, -0.05) is 47.6 Å². The van der Waals surface area contributed by atoms with Crippen molar-refractivity contribution in [2.75, 3.05) is 0 Å². The summed E-state index contributed by atoms with van der Waals surface area (Å²) in [5, 5.41) is 6.25. The summed E-state index contributed by atoms with van der Waals surface area (Å²) < 4.78 is 5.14. The average Bonchev–Trinajstić information content (AvgIpc) is 2.87. The highest BCUT2D eigenvalue weighted by molar-refractivity contribution is 5.94. The lowest BCUT2D eigenvalue weighted by molar-refractivity contribution is 0.362. The molecule has 0 aliphatic heterocycles. The van der Waals surface area contributed by atoms with E-state index in [-0.39, 0.29) is 6.04 Å². The van der Waals surface area contributed by atoms with Gasteiger partial charge in [-0.05, 0) is 17.7 Å². The second kappa shape index (κ2) is 4.23. The van der Waals surface area contributed by atoms with Crippen LogP contribution in [0.4, 0.5) is 0 Å². The van der Waals surface area contributed by atoms with Crippen molar-refractivity contribution in [3.63, 3.8) is 0 Å². The maximum Gasteiger partial charge on any atom is 0.243 e. The van der Waals surface area contributed by atoms with Gasteiger partial charge in [-0.2, -0.15) is 4.98 Å². The number of fused-ring (bicyclic) bond motifs is 1. The molecule has 18 heavy (non-hydrogen) atoms. The molecule has 4 nitrogen and oxygen atoms in total. The summed E-state index contributed by atoms with van der Waals surface area (Å²) in [6.45, 7) is 1.82. The lowest BCUT2D eigenvalue weighted by Crippen LogP contribution is -2.04. The van der Waals surface area contributed by atoms with Crippen LogP contribution in [-0.4, -0.2) is 10.1 Å². The van der Waals surface area contributed by atoms with Crippen LogP contribution in [0.15, 0.2) is 47.0 Å². The number of benzene rings is 2. The third-order valence-corrected chi connectivity index (χ3v) is 2.86. The van der Waals surface area contributed by atoms with E-state index in [0.717, 1.165) is 16.3 Å². The first-order valence-electron chi connectivity index (χ1n) is 5.83. The molecule has 0 aliphatic rings. The van der Waals surface area contributed by atoms with E-state index in [2.05, 4.69) is 22.3 Å². The molecule has 90 valence electrons. The first kappa shape index (κ1) is 10.9. The van der Waals surface area contributed by atoms with Crippen molar-refractivity contribution in [1.29, 1.82) is 0 Å². The lowest BCUT2D eigenvalue weighted by Gasteiger charge is -2.01. The Morgan fingerprint density at radius 2 is 1.89 bits per heavy atom. The summed E-state index contributed by atoms with van der Waals surface area (Å²) in [7, 11) is 0. The van der Waals surface area contributed by atoms with Gasteiger partial charge in [-0.3, -0.25) is 0 Å². The van der Waals surface area contributed by atoms with Crippen LogP contribution in [0.25, 0.3) is 22.2 Å². The fourth-order valence-corrected chi connectivity index (χ4v) is 1.95. The Morgan fingerprint density at radius 3 is 2.67 bits per heavy atom. The monoisotopic (exact) mass is 239 g/mol. The van der Waals surface area contributed by atoms with E-state index < -0.39 is 0 Å². The van der Waals surface area contributed by atoms with E-state index in [1.807, 2.05) is 37.3 Å². The molecule has 1 aromatic heterocycles. The first-order chi connectivity index (χ1) is 8.75. The van der Waals surface area contributed by atoms with Gasteiger partial charge < -0.3 is 10.3 Å². The predicted octanol–water partition coefficient (Wildman–Crippen LogP) is 2.91. The highest BCUT2D eigenvalue weighted by Crippen LogP contribution is 2.26. The molecule has 0 saturated heterocycles. The number of hydrogen-bond donors (Lipinski definition) is 1. The van der Waals surface area contributed by atoms with E-state index in [1.54, 1.807) is 0 Å². The zero-order chi connectivity index (χ0) is 12.5. The standard InChI is InChI=1S/C14H13N3O/c1-9(15)14-16-13(17-18-14)12-8-4-6-10-5-2-3-7-11(10)12/h2-9H,15H2,1H3. The van der Waals surface area contributed by atoms with Gasteiger partial charge >= 0.3 is 0 Å². The molecule has 3 rings (SSSR count). The highest BCUT2D eigenvalue weighted by Gasteiger charge is 2.13. The molecule has 0 fully saturated rings. The molecule has 1 heterocycles. The minimum atomic E-state index is -0.249. The van der Waals surface area contributed by atoms with Crippen LogP contribution in [-0.2, 0) is 0 Å². The van der Waals surface area contributed by atoms with Gasteiger partial charge in [0.15, 0.2) is 0 Å². The van der Waals surface area contributed by atoms with Gasteiger partial charge in [0.05, 0.1) is 6.04 Å². The Balaban J connectivity index is 2.18. The molecule has 0 amide bonds. The quantitative estimate of drug-likeness (QED) is 0.746. The zero-order valence-corrected chi connectivity index (χ0v) is 10.00. The average molecular weight is 239 g/mol. The molecule has 4 heteroatoms. The molecule has 0 aliphatic carbocycles. The SMILES string of the molecule is CC(N)c1nc(-c2cccc3ccccc23)no1. The molecule has 2 aromatic carbocycles. The molecule has 3 aromatic rings. The van der Waals surface area contributed by atoms with Crippen molar-refractivity contribution in [2.24, 2.45) is 5.73 Å². The molecule has 1 unspecified atom stereocenters. The Morgan fingerprint density at radius 1 is 1.11 bits per heavy atom. The maximum absolute atomic E-state index is 5.72. The van der Waals surface area contributed by atoms with Crippen LogP contribution in [0.5, 0.6) is 0 Å². The summed E-state index contributed by atoms with van der Waals surface area (Å²) in [5.74, 6) is 1.04. The summed E-state index contributed by atoms with van der Waals surface area (Å²) in [4.78, 5) is 4.33. The normalized spacial score (nSPS) is 12.8. The molecule has 0 radical (unpaired) electrons. The fourth-order valence-electron chi connectivity index (χ4n) is 1.95. The second-order valence-corrected chi connectivity index (χ2v) is 4.27. The van der Waals surface area contributed by atoms with Crippen LogP contribution in [0.1, 0.15) is 18.9 Å².